The van der Waals surface area contributed by atoms with Crippen LogP contribution in [-0.4, -0.2) is 61.4 Å². The highest BCUT2D eigenvalue weighted by Gasteiger charge is 2.24. The average molecular weight is 343 g/mol. The summed E-state index contributed by atoms with van der Waals surface area (Å²) in [6, 6.07) is 10.7. The lowest BCUT2D eigenvalue weighted by atomic mass is 10.2. The number of methoxy groups -OCH3 is 1. The summed E-state index contributed by atoms with van der Waals surface area (Å²) in [5, 5.41) is 2.86. The molecule has 1 aliphatic rings. The van der Waals surface area contributed by atoms with Crippen molar-refractivity contribution in [1.29, 1.82) is 0 Å². The van der Waals surface area contributed by atoms with Gasteiger partial charge in [-0.25, -0.2) is 0 Å². The standard InChI is InChI=1S/C18H21N3O4/c1-24-15-6-3-2-5-14(15)19-17(22)13-20-8-10-21(11-9-20)18(23)16-7-4-12-25-16/h2-7,12H,8-11,13H2,1H3,(H,19,22). The van der Waals surface area contributed by atoms with Crippen LogP contribution in [0.3, 0.4) is 0 Å². The SMILES string of the molecule is COc1ccccc1NC(=O)CN1CCN(C(=O)c2ccco2)CC1. The number of carbonyl (C=O) groups is 2. The molecule has 0 saturated carbocycles. The molecule has 0 atom stereocenters. The third-order valence-electron chi connectivity index (χ3n) is 4.14. The Kier molecular flexibility index (Phi) is 5.35. The molecule has 2 heterocycles. The molecule has 2 amide bonds. The van der Waals surface area contributed by atoms with E-state index in [1.165, 1.54) is 6.26 Å². The van der Waals surface area contributed by atoms with Gasteiger partial charge in [-0.3, -0.25) is 14.5 Å². The first kappa shape index (κ1) is 17.0. The molecule has 132 valence electrons. The summed E-state index contributed by atoms with van der Waals surface area (Å²) in [5.74, 6) is 0.769. The number of nitrogens with one attached hydrogen (secondary N) is 1. The van der Waals surface area contributed by atoms with E-state index in [1.54, 1.807) is 36.3 Å². The lowest BCUT2D eigenvalue weighted by Gasteiger charge is -2.33. The largest absolute Gasteiger partial charge is 0.495 e. The van der Waals surface area contributed by atoms with Crippen LogP contribution in [0.2, 0.25) is 0 Å². The summed E-state index contributed by atoms with van der Waals surface area (Å²) in [6.45, 7) is 2.71. The fourth-order valence-electron chi connectivity index (χ4n) is 2.81. The quantitative estimate of drug-likeness (QED) is 0.894. The molecule has 7 nitrogen and oxygen atoms in total. The molecule has 0 spiro atoms. The van der Waals surface area contributed by atoms with Gasteiger partial charge in [0.1, 0.15) is 5.75 Å². The lowest BCUT2D eigenvalue weighted by Crippen LogP contribution is -2.50. The van der Waals surface area contributed by atoms with Gasteiger partial charge < -0.3 is 19.4 Å². The van der Waals surface area contributed by atoms with Crippen LogP contribution in [0.25, 0.3) is 0 Å². The topological polar surface area (TPSA) is 75.0 Å². The molecule has 7 heteroatoms. The summed E-state index contributed by atoms with van der Waals surface area (Å²) in [4.78, 5) is 28.2. The number of amides is 2. The van der Waals surface area contributed by atoms with Crippen LogP contribution in [0.1, 0.15) is 10.6 Å². The number of hydrogen-bond donors (Lipinski definition) is 1. The van der Waals surface area contributed by atoms with Crippen LogP contribution >= 0.6 is 0 Å². The molecule has 1 aromatic carbocycles. The van der Waals surface area contributed by atoms with Gasteiger partial charge in [0.15, 0.2) is 5.76 Å². The van der Waals surface area contributed by atoms with Crippen LogP contribution in [0.4, 0.5) is 5.69 Å². The minimum Gasteiger partial charge on any atom is -0.495 e. The van der Waals surface area contributed by atoms with E-state index >= 15 is 0 Å². The fourth-order valence-corrected chi connectivity index (χ4v) is 2.81. The average Bonchev–Trinajstić information content (AvgIpc) is 3.17. The van der Waals surface area contributed by atoms with Crippen molar-refractivity contribution in [3.8, 4) is 5.75 Å². The van der Waals surface area contributed by atoms with Crippen LogP contribution < -0.4 is 10.1 Å². The van der Waals surface area contributed by atoms with Crippen LogP contribution in [0.5, 0.6) is 5.75 Å². The first-order valence-corrected chi connectivity index (χ1v) is 8.15. The minimum atomic E-state index is -0.108. The van der Waals surface area contributed by atoms with Crippen molar-refractivity contribution in [3.63, 3.8) is 0 Å². The predicted octanol–water partition coefficient (Wildman–Crippen LogP) is 1.68. The third-order valence-corrected chi connectivity index (χ3v) is 4.14. The van der Waals surface area contributed by atoms with Crippen LogP contribution in [0.15, 0.2) is 47.1 Å². The maximum Gasteiger partial charge on any atom is 0.289 e. The Morgan fingerprint density at radius 3 is 2.56 bits per heavy atom. The Morgan fingerprint density at radius 1 is 1.12 bits per heavy atom. The Hall–Kier alpha value is -2.80. The molecule has 1 aromatic heterocycles. The number of rotatable bonds is 5. The maximum atomic E-state index is 12.2. The molecule has 0 bridgehead atoms. The summed E-state index contributed by atoms with van der Waals surface area (Å²) < 4.78 is 10.4. The number of anilines is 1. The summed E-state index contributed by atoms with van der Waals surface area (Å²) >= 11 is 0. The van der Waals surface area contributed by atoms with E-state index in [4.69, 9.17) is 9.15 Å². The van der Waals surface area contributed by atoms with Crippen LogP contribution in [0, 0.1) is 0 Å². The van der Waals surface area contributed by atoms with Gasteiger partial charge in [-0.1, -0.05) is 12.1 Å². The van der Waals surface area contributed by atoms with Crippen LogP contribution in [-0.2, 0) is 4.79 Å². The van der Waals surface area contributed by atoms with Gasteiger partial charge in [-0.2, -0.15) is 0 Å². The van der Waals surface area contributed by atoms with Crippen molar-refractivity contribution < 1.29 is 18.7 Å². The Bertz CT molecular complexity index is 722. The molecular formula is C18H21N3O4. The molecule has 25 heavy (non-hydrogen) atoms. The van der Waals surface area contributed by atoms with Crippen molar-refractivity contribution >= 4 is 17.5 Å². The molecule has 1 saturated heterocycles. The van der Waals surface area contributed by atoms with Gasteiger partial charge in [0.05, 0.1) is 25.6 Å². The predicted molar refractivity (Wildman–Crippen MR) is 92.7 cm³/mol. The number of benzene rings is 1. The van der Waals surface area contributed by atoms with Crippen molar-refractivity contribution in [2.75, 3.05) is 45.2 Å². The number of nitrogens with zero attached hydrogens (tertiary/aromatic N) is 2. The van der Waals surface area contributed by atoms with Gasteiger partial charge in [0.25, 0.3) is 5.91 Å². The van der Waals surface area contributed by atoms with E-state index < -0.39 is 0 Å². The second-order valence-electron chi connectivity index (χ2n) is 5.79. The number of furan rings is 1. The van der Waals surface area contributed by atoms with E-state index in [0.29, 0.717) is 43.4 Å². The van der Waals surface area contributed by atoms with Gasteiger partial charge in [0, 0.05) is 26.2 Å². The molecule has 0 radical (unpaired) electrons. The first-order valence-electron chi connectivity index (χ1n) is 8.15. The number of carbonyl (C=O) groups excluding carboxylic acids is 2. The lowest BCUT2D eigenvalue weighted by molar-refractivity contribution is -0.117. The number of para-hydroxylation sites is 2. The van der Waals surface area contributed by atoms with Gasteiger partial charge >= 0.3 is 0 Å². The molecule has 3 rings (SSSR count). The maximum absolute atomic E-state index is 12.2. The highest BCUT2D eigenvalue weighted by Crippen LogP contribution is 2.22. The van der Waals surface area contributed by atoms with E-state index in [2.05, 4.69) is 5.32 Å². The van der Waals surface area contributed by atoms with E-state index in [9.17, 15) is 9.59 Å². The van der Waals surface area contributed by atoms with Gasteiger partial charge in [-0.15, -0.1) is 0 Å². The van der Waals surface area contributed by atoms with Gasteiger partial charge in [-0.05, 0) is 24.3 Å². The molecule has 1 N–H and O–H groups in total. The van der Waals surface area contributed by atoms with E-state index in [-0.39, 0.29) is 18.4 Å². The Balaban J connectivity index is 1.49. The highest BCUT2D eigenvalue weighted by molar-refractivity contribution is 5.94. The number of hydrogen-bond acceptors (Lipinski definition) is 5. The molecule has 0 unspecified atom stereocenters. The fraction of sp³-hybridized carbons (Fsp3) is 0.333. The zero-order chi connectivity index (χ0) is 17.6. The van der Waals surface area contributed by atoms with E-state index in [0.717, 1.165) is 0 Å². The third kappa shape index (κ3) is 4.19. The Labute approximate surface area is 146 Å². The molecular weight excluding hydrogens is 322 g/mol. The normalized spacial score (nSPS) is 15.0. The molecule has 2 aromatic rings. The highest BCUT2D eigenvalue weighted by atomic mass is 16.5. The zero-order valence-corrected chi connectivity index (χ0v) is 14.1. The second-order valence-corrected chi connectivity index (χ2v) is 5.79. The monoisotopic (exact) mass is 343 g/mol. The zero-order valence-electron chi connectivity index (χ0n) is 14.1. The van der Waals surface area contributed by atoms with Gasteiger partial charge in [0.2, 0.25) is 5.91 Å². The summed E-state index contributed by atoms with van der Waals surface area (Å²) in [6.07, 6.45) is 1.49. The van der Waals surface area contributed by atoms with Crippen molar-refractivity contribution in [2.45, 2.75) is 0 Å². The summed E-state index contributed by atoms with van der Waals surface area (Å²) in [5.41, 5.74) is 0.654. The van der Waals surface area contributed by atoms with Crippen molar-refractivity contribution in [3.05, 3.63) is 48.4 Å². The minimum absolute atomic E-state index is 0.102. The number of ether oxygens (including phenoxy) is 1. The van der Waals surface area contributed by atoms with Crippen molar-refractivity contribution in [1.82, 2.24) is 9.80 Å². The second kappa shape index (κ2) is 7.85. The molecule has 0 aliphatic carbocycles. The summed E-state index contributed by atoms with van der Waals surface area (Å²) in [7, 11) is 1.57. The number of piperazine rings is 1. The van der Waals surface area contributed by atoms with E-state index in [1.807, 2.05) is 17.0 Å². The Morgan fingerprint density at radius 2 is 1.88 bits per heavy atom. The molecule has 1 aliphatic heterocycles. The molecule has 1 fully saturated rings. The first-order chi connectivity index (χ1) is 12.2. The van der Waals surface area contributed by atoms with Crippen molar-refractivity contribution in [2.24, 2.45) is 0 Å². The smallest absolute Gasteiger partial charge is 0.289 e.